The lowest BCUT2D eigenvalue weighted by Crippen LogP contribution is -2.35. The van der Waals surface area contributed by atoms with E-state index in [1.54, 1.807) is 0 Å². The Morgan fingerprint density at radius 1 is 0.962 bits per heavy atom. The van der Waals surface area contributed by atoms with Gasteiger partial charge < -0.3 is 14.4 Å². The quantitative estimate of drug-likeness (QED) is 0.472. The Bertz CT molecular complexity index is 844. The molecule has 2 aliphatic heterocycles. The molecule has 0 aromatic heterocycles. The van der Waals surface area contributed by atoms with E-state index in [0.717, 1.165) is 28.6 Å². The summed E-state index contributed by atoms with van der Waals surface area (Å²) in [5, 5.41) is 0.815. The average Bonchev–Trinajstić information content (AvgIpc) is 3.10. The third-order valence-corrected chi connectivity index (χ3v) is 5.23. The molecule has 4 rings (SSSR count). The number of carbonyl (C=O) groups is 1. The second kappa shape index (κ2) is 7.76. The summed E-state index contributed by atoms with van der Waals surface area (Å²) in [5.41, 5.74) is 1.15. The number of morpholine rings is 1. The highest BCUT2D eigenvalue weighted by Crippen LogP contribution is 2.34. The van der Waals surface area contributed by atoms with Crippen molar-refractivity contribution >= 4 is 23.6 Å². The summed E-state index contributed by atoms with van der Waals surface area (Å²) >= 11 is 1.54. The van der Waals surface area contributed by atoms with E-state index in [1.807, 2.05) is 60.7 Å². The largest absolute Gasteiger partial charge is 0.402 e. The highest BCUT2D eigenvalue weighted by Gasteiger charge is 2.31. The molecule has 0 amide bonds. The van der Waals surface area contributed by atoms with Gasteiger partial charge in [-0.2, -0.15) is 0 Å². The molecule has 6 heteroatoms. The van der Waals surface area contributed by atoms with Crippen molar-refractivity contribution in [3.05, 3.63) is 77.0 Å². The van der Waals surface area contributed by atoms with Gasteiger partial charge in [-0.1, -0.05) is 48.2 Å². The number of carbonyl (C=O) groups excluding carboxylic acids is 1. The van der Waals surface area contributed by atoms with Crippen LogP contribution in [0.5, 0.6) is 0 Å². The minimum Gasteiger partial charge on any atom is -0.402 e. The van der Waals surface area contributed by atoms with Crippen molar-refractivity contribution < 1.29 is 14.3 Å². The topological polar surface area (TPSA) is 51.1 Å². The molecule has 0 bridgehead atoms. The minimum atomic E-state index is -0.409. The predicted octanol–water partition coefficient (Wildman–Crippen LogP) is 3.28. The summed E-state index contributed by atoms with van der Waals surface area (Å²) in [4.78, 5) is 20.3. The van der Waals surface area contributed by atoms with E-state index in [1.165, 1.54) is 11.8 Å². The van der Waals surface area contributed by atoms with Crippen LogP contribution in [0.1, 0.15) is 5.56 Å². The Labute approximate surface area is 156 Å². The van der Waals surface area contributed by atoms with Crippen molar-refractivity contribution in [3.63, 3.8) is 0 Å². The molecule has 2 aliphatic rings. The van der Waals surface area contributed by atoms with Gasteiger partial charge in [0.1, 0.15) is 5.03 Å². The molecular formula is C20H18N2O3S. The van der Waals surface area contributed by atoms with Crippen LogP contribution in [-0.2, 0) is 14.3 Å². The van der Waals surface area contributed by atoms with Crippen molar-refractivity contribution in [1.82, 2.24) is 4.90 Å². The van der Waals surface area contributed by atoms with Crippen molar-refractivity contribution in [2.24, 2.45) is 4.99 Å². The Kier molecular flexibility index (Phi) is 5.04. The maximum Gasteiger partial charge on any atom is 0.366 e. The van der Waals surface area contributed by atoms with Crippen LogP contribution in [0.4, 0.5) is 0 Å². The molecule has 2 aromatic carbocycles. The molecule has 132 valence electrons. The molecule has 0 saturated carbocycles. The average molecular weight is 366 g/mol. The van der Waals surface area contributed by atoms with Crippen molar-refractivity contribution in [2.75, 3.05) is 26.3 Å². The highest BCUT2D eigenvalue weighted by molar-refractivity contribution is 8.03. The van der Waals surface area contributed by atoms with Crippen LogP contribution in [-0.4, -0.2) is 43.1 Å². The molecule has 26 heavy (non-hydrogen) atoms. The molecule has 0 N–H and O–H groups in total. The van der Waals surface area contributed by atoms with Crippen LogP contribution in [0.25, 0.3) is 0 Å². The lowest BCUT2D eigenvalue weighted by atomic mass is 10.2. The molecule has 0 atom stereocenters. The molecule has 0 radical (unpaired) electrons. The molecule has 0 aliphatic carbocycles. The molecule has 0 spiro atoms. The molecule has 5 nitrogen and oxygen atoms in total. The van der Waals surface area contributed by atoms with Gasteiger partial charge >= 0.3 is 5.97 Å². The van der Waals surface area contributed by atoms with E-state index in [4.69, 9.17) is 9.47 Å². The number of hydrogen-bond donors (Lipinski definition) is 0. The third kappa shape index (κ3) is 3.66. The maximum absolute atomic E-state index is 12.6. The van der Waals surface area contributed by atoms with E-state index in [0.29, 0.717) is 24.8 Å². The third-order valence-electron chi connectivity index (χ3n) is 4.08. The zero-order chi connectivity index (χ0) is 17.8. The van der Waals surface area contributed by atoms with Crippen LogP contribution in [0.3, 0.4) is 0 Å². The number of hydrogen-bond acceptors (Lipinski definition) is 6. The minimum absolute atomic E-state index is 0.352. The van der Waals surface area contributed by atoms with Gasteiger partial charge in [-0.15, -0.1) is 0 Å². The van der Waals surface area contributed by atoms with Crippen molar-refractivity contribution in [2.45, 2.75) is 4.90 Å². The summed E-state index contributed by atoms with van der Waals surface area (Å²) < 4.78 is 10.9. The summed E-state index contributed by atoms with van der Waals surface area (Å²) in [5.74, 6) is -0.0567. The Morgan fingerprint density at radius 2 is 1.62 bits per heavy atom. The van der Waals surface area contributed by atoms with Crippen molar-refractivity contribution in [3.8, 4) is 0 Å². The molecule has 2 heterocycles. The smallest absolute Gasteiger partial charge is 0.366 e. The van der Waals surface area contributed by atoms with Gasteiger partial charge in [0.05, 0.1) is 13.2 Å². The first-order valence-electron chi connectivity index (χ1n) is 8.47. The summed E-state index contributed by atoms with van der Waals surface area (Å²) in [6.07, 6.45) is 0. The van der Waals surface area contributed by atoms with Gasteiger partial charge in [0.15, 0.2) is 5.70 Å². The van der Waals surface area contributed by atoms with Gasteiger partial charge in [-0.3, -0.25) is 0 Å². The highest BCUT2D eigenvalue weighted by atomic mass is 32.2. The SMILES string of the molecule is O=C1OC(c2ccccc2)=N/C1=C(/Sc1ccccc1)N1CCOCC1. The predicted molar refractivity (Wildman–Crippen MR) is 101 cm³/mol. The summed E-state index contributed by atoms with van der Waals surface area (Å²) in [6, 6.07) is 19.5. The molecule has 1 saturated heterocycles. The molecular weight excluding hydrogens is 348 g/mol. The van der Waals surface area contributed by atoms with E-state index in [2.05, 4.69) is 9.89 Å². The zero-order valence-electron chi connectivity index (χ0n) is 14.1. The fourth-order valence-corrected chi connectivity index (χ4v) is 3.83. The lowest BCUT2D eigenvalue weighted by Gasteiger charge is -2.30. The number of benzene rings is 2. The van der Waals surface area contributed by atoms with Crippen LogP contribution in [0.2, 0.25) is 0 Å². The summed E-state index contributed by atoms with van der Waals surface area (Å²) in [6.45, 7) is 2.72. The maximum atomic E-state index is 12.6. The first-order chi connectivity index (χ1) is 12.8. The van der Waals surface area contributed by atoms with Gasteiger partial charge in [-0.25, -0.2) is 9.79 Å². The van der Waals surface area contributed by atoms with Crippen LogP contribution >= 0.6 is 11.8 Å². The van der Waals surface area contributed by atoms with Gasteiger partial charge in [0.25, 0.3) is 0 Å². The zero-order valence-corrected chi connectivity index (χ0v) is 14.9. The van der Waals surface area contributed by atoms with E-state index in [-0.39, 0.29) is 0 Å². The number of cyclic esters (lactones) is 1. The monoisotopic (exact) mass is 366 g/mol. The number of rotatable bonds is 4. The number of thioether (sulfide) groups is 1. The lowest BCUT2D eigenvalue weighted by molar-refractivity contribution is -0.130. The second-order valence-corrected chi connectivity index (χ2v) is 6.90. The molecule has 0 unspecified atom stereocenters. The molecule has 1 fully saturated rings. The Morgan fingerprint density at radius 3 is 2.31 bits per heavy atom. The van der Waals surface area contributed by atoms with Crippen LogP contribution < -0.4 is 0 Å². The van der Waals surface area contributed by atoms with E-state index < -0.39 is 5.97 Å². The van der Waals surface area contributed by atoms with Crippen LogP contribution in [0.15, 0.2) is 81.3 Å². The van der Waals surface area contributed by atoms with Gasteiger partial charge in [0, 0.05) is 23.5 Å². The summed E-state index contributed by atoms with van der Waals surface area (Å²) in [7, 11) is 0. The second-order valence-electron chi connectivity index (χ2n) is 5.84. The van der Waals surface area contributed by atoms with E-state index in [9.17, 15) is 4.79 Å². The number of aliphatic imine (C=N–C) groups is 1. The Balaban J connectivity index is 1.73. The fraction of sp³-hybridized carbons (Fsp3) is 0.200. The standard InChI is InChI=1S/C20H18N2O3S/c23-20-17(21-18(25-20)15-7-3-1-4-8-15)19(22-11-13-24-14-12-22)26-16-9-5-2-6-10-16/h1-10H,11-14H2/b19-17+. The van der Waals surface area contributed by atoms with Crippen LogP contribution in [0, 0.1) is 0 Å². The number of esters is 1. The van der Waals surface area contributed by atoms with Gasteiger partial charge in [0.2, 0.25) is 5.90 Å². The first kappa shape index (κ1) is 16.9. The van der Waals surface area contributed by atoms with Gasteiger partial charge in [-0.05, 0) is 24.3 Å². The molecule has 2 aromatic rings. The fourth-order valence-electron chi connectivity index (χ4n) is 2.77. The number of ether oxygens (including phenoxy) is 2. The van der Waals surface area contributed by atoms with E-state index >= 15 is 0 Å². The number of nitrogens with zero attached hydrogens (tertiary/aromatic N) is 2. The Hall–Kier alpha value is -2.57. The van der Waals surface area contributed by atoms with Crippen molar-refractivity contribution in [1.29, 1.82) is 0 Å². The normalized spacial score (nSPS) is 19.2. The first-order valence-corrected chi connectivity index (χ1v) is 9.29.